The maximum atomic E-state index is 13.0. The van der Waals surface area contributed by atoms with Crippen molar-refractivity contribution < 1.29 is 9.18 Å². The number of carbonyl (C=O) groups is 1. The van der Waals surface area contributed by atoms with E-state index in [2.05, 4.69) is 5.32 Å². The van der Waals surface area contributed by atoms with Crippen molar-refractivity contribution in [2.24, 2.45) is 5.73 Å². The Balaban J connectivity index is 1.87. The number of amides is 1. The largest absolute Gasteiger partial charge is 0.352 e. The van der Waals surface area contributed by atoms with Gasteiger partial charge in [-0.15, -0.1) is 0 Å². The Bertz CT molecular complexity index is 619. The van der Waals surface area contributed by atoms with Crippen molar-refractivity contribution in [3.63, 3.8) is 0 Å². The minimum Gasteiger partial charge on any atom is -0.352 e. The normalized spacial score (nSPS) is 12.0. The van der Waals surface area contributed by atoms with Gasteiger partial charge in [-0.3, -0.25) is 4.79 Å². The first-order chi connectivity index (χ1) is 10.1. The fourth-order valence-electron chi connectivity index (χ4n) is 1.98. The van der Waals surface area contributed by atoms with E-state index in [1.165, 1.54) is 18.2 Å². The van der Waals surface area contributed by atoms with Crippen molar-refractivity contribution in [1.29, 1.82) is 0 Å². The average molecular weight is 398 g/mol. The highest BCUT2D eigenvalue weighted by Gasteiger charge is 2.11. The Hall–Kier alpha value is -1.47. The first-order valence-corrected chi connectivity index (χ1v) is 7.69. The number of halogens is 2. The summed E-state index contributed by atoms with van der Waals surface area (Å²) in [7, 11) is 0. The molecule has 0 fully saturated rings. The van der Waals surface area contributed by atoms with Crippen LogP contribution >= 0.6 is 22.6 Å². The van der Waals surface area contributed by atoms with Gasteiger partial charge in [0, 0.05) is 16.2 Å². The molecule has 2 aromatic carbocycles. The van der Waals surface area contributed by atoms with E-state index >= 15 is 0 Å². The highest BCUT2D eigenvalue weighted by atomic mass is 127. The molecule has 110 valence electrons. The van der Waals surface area contributed by atoms with Gasteiger partial charge in [0.2, 0.25) is 0 Å². The van der Waals surface area contributed by atoms with E-state index in [1.807, 2.05) is 52.9 Å². The molecule has 5 heteroatoms. The fourth-order valence-corrected chi connectivity index (χ4v) is 2.70. The van der Waals surface area contributed by atoms with Crippen LogP contribution in [0, 0.1) is 9.39 Å². The number of carbonyl (C=O) groups excluding carboxylic acids is 1. The topological polar surface area (TPSA) is 55.1 Å². The molecule has 0 spiro atoms. The molecule has 0 saturated carbocycles. The van der Waals surface area contributed by atoms with Crippen LogP contribution in [0.5, 0.6) is 0 Å². The standard InChI is InChI=1S/C16H16FIN2O/c17-12-6-7-13(14(18)10-12)16(21)20-9-8-15(19)11-4-2-1-3-5-11/h1-7,10,15H,8-9,19H2,(H,20,21). The molecule has 0 aliphatic rings. The summed E-state index contributed by atoms with van der Waals surface area (Å²) in [6, 6.07) is 13.8. The van der Waals surface area contributed by atoms with Crippen LogP contribution in [0.15, 0.2) is 48.5 Å². The van der Waals surface area contributed by atoms with Gasteiger partial charge >= 0.3 is 0 Å². The molecule has 2 aromatic rings. The van der Waals surface area contributed by atoms with E-state index in [0.717, 1.165) is 5.56 Å². The monoisotopic (exact) mass is 398 g/mol. The van der Waals surface area contributed by atoms with Gasteiger partial charge in [-0.2, -0.15) is 0 Å². The lowest BCUT2D eigenvalue weighted by Gasteiger charge is -2.13. The number of nitrogens with two attached hydrogens (primary N) is 1. The third-order valence-corrected chi connectivity index (χ3v) is 4.04. The van der Waals surface area contributed by atoms with Crippen LogP contribution in [0.4, 0.5) is 4.39 Å². The lowest BCUT2D eigenvalue weighted by Crippen LogP contribution is -2.27. The minimum absolute atomic E-state index is 0.112. The maximum absolute atomic E-state index is 13.0. The zero-order chi connectivity index (χ0) is 15.2. The van der Waals surface area contributed by atoms with Crippen LogP contribution in [-0.2, 0) is 0 Å². The van der Waals surface area contributed by atoms with Crippen molar-refractivity contribution >= 4 is 28.5 Å². The molecule has 0 radical (unpaired) electrons. The molecule has 0 aliphatic heterocycles. The Morgan fingerprint density at radius 1 is 1.24 bits per heavy atom. The molecule has 0 aliphatic carbocycles. The molecule has 21 heavy (non-hydrogen) atoms. The number of rotatable bonds is 5. The highest BCUT2D eigenvalue weighted by molar-refractivity contribution is 14.1. The summed E-state index contributed by atoms with van der Waals surface area (Å²) in [6.07, 6.45) is 0.646. The molecular weight excluding hydrogens is 382 g/mol. The molecule has 0 heterocycles. The molecular formula is C16H16FIN2O. The number of hydrogen-bond donors (Lipinski definition) is 2. The predicted octanol–water partition coefficient (Wildman–Crippen LogP) is 3.25. The number of hydrogen-bond acceptors (Lipinski definition) is 2. The summed E-state index contributed by atoms with van der Waals surface area (Å²) in [5, 5.41) is 2.81. The second-order valence-electron chi connectivity index (χ2n) is 4.69. The van der Waals surface area contributed by atoms with Gasteiger partial charge in [0.25, 0.3) is 5.91 Å². The number of nitrogens with one attached hydrogen (secondary N) is 1. The predicted molar refractivity (Wildman–Crippen MR) is 89.4 cm³/mol. The number of benzene rings is 2. The van der Waals surface area contributed by atoms with Gasteiger partial charge in [0.1, 0.15) is 5.82 Å². The average Bonchev–Trinajstić information content (AvgIpc) is 2.47. The van der Waals surface area contributed by atoms with Gasteiger partial charge in [0.15, 0.2) is 0 Å². The fraction of sp³-hybridized carbons (Fsp3) is 0.188. The first kappa shape index (κ1) is 15.9. The quantitative estimate of drug-likeness (QED) is 0.760. The zero-order valence-electron chi connectivity index (χ0n) is 11.4. The van der Waals surface area contributed by atoms with Gasteiger partial charge in [-0.05, 0) is 52.8 Å². The second kappa shape index (κ2) is 7.51. The summed E-state index contributed by atoms with van der Waals surface area (Å²) in [6.45, 7) is 0.475. The third kappa shape index (κ3) is 4.50. The van der Waals surface area contributed by atoms with Crippen molar-refractivity contribution in [2.45, 2.75) is 12.5 Å². The Morgan fingerprint density at radius 2 is 1.95 bits per heavy atom. The van der Waals surface area contributed by atoms with Crippen LogP contribution < -0.4 is 11.1 Å². The first-order valence-electron chi connectivity index (χ1n) is 6.61. The Morgan fingerprint density at radius 3 is 2.62 bits per heavy atom. The molecule has 1 amide bonds. The van der Waals surface area contributed by atoms with Crippen molar-refractivity contribution in [1.82, 2.24) is 5.32 Å². The van der Waals surface area contributed by atoms with Crippen LogP contribution in [-0.4, -0.2) is 12.5 Å². The van der Waals surface area contributed by atoms with Gasteiger partial charge in [0.05, 0.1) is 5.56 Å². The lowest BCUT2D eigenvalue weighted by molar-refractivity contribution is 0.0951. The van der Waals surface area contributed by atoms with Crippen molar-refractivity contribution in [3.8, 4) is 0 Å². The van der Waals surface area contributed by atoms with E-state index < -0.39 is 0 Å². The van der Waals surface area contributed by atoms with E-state index in [9.17, 15) is 9.18 Å². The molecule has 0 bridgehead atoms. The third-order valence-electron chi connectivity index (χ3n) is 3.14. The molecule has 1 unspecified atom stereocenters. The zero-order valence-corrected chi connectivity index (χ0v) is 13.5. The smallest absolute Gasteiger partial charge is 0.252 e. The maximum Gasteiger partial charge on any atom is 0.252 e. The Kier molecular flexibility index (Phi) is 5.69. The van der Waals surface area contributed by atoms with Gasteiger partial charge in [-0.1, -0.05) is 30.3 Å². The van der Waals surface area contributed by atoms with E-state index in [4.69, 9.17) is 5.73 Å². The van der Waals surface area contributed by atoms with Crippen molar-refractivity contribution in [3.05, 3.63) is 69.0 Å². The summed E-state index contributed by atoms with van der Waals surface area (Å²) in [5.41, 5.74) is 7.59. The van der Waals surface area contributed by atoms with Crippen LogP contribution in [0.2, 0.25) is 0 Å². The van der Waals surface area contributed by atoms with Gasteiger partial charge < -0.3 is 11.1 Å². The second-order valence-corrected chi connectivity index (χ2v) is 5.85. The van der Waals surface area contributed by atoms with Crippen LogP contribution in [0.25, 0.3) is 0 Å². The lowest BCUT2D eigenvalue weighted by atomic mass is 10.1. The van der Waals surface area contributed by atoms with Crippen LogP contribution in [0.3, 0.4) is 0 Å². The van der Waals surface area contributed by atoms with E-state index in [-0.39, 0.29) is 17.8 Å². The molecule has 0 saturated heterocycles. The summed E-state index contributed by atoms with van der Waals surface area (Å²) < 4.78 is 13.6. The van der Waals surface area contributed by atoms with E-state index in [1.54, 1.807) is 0 Å². The minimum atomic E-state index is -0.345. The molecule has 2 rings (SSSR count). The van der Waals surface area contributed by atoms with E-state index in [0.29, 0.717) is 22.1 Å². The van der Waals surface area contributed by atoms with Crippen LogP contribution in [0.1, 0.15) is 28.4 Å². The molecule has 3 nitrogen and oxygen atoms in total. The molecule has 3 N–H and O–H groups in total. The van der Waals surface area contributed by atoms with Gasteiger partial charge in [-0.25, -0.2) is 4.39 Å². The molecule has 0 aromatic heterocycles. The van der Waals surface area contributed by atoms with Crippen molar-refractivity contribution in [2.75, 3.05) is 6.54 Å². The summed E-state index contributed by atoms with van der Waals surface area (Å²) in [4.78, 5) is 12.0. The summed E-state index contributed by atoms with van der Waals surface area (Å²) >= 11 is 1.95. The molecule has 1 atom stereocenters. The Labute approximate surface area is 136 Å². The highest BCUT2D eigenvalue weighted by Crippen LogP contribution is 2.15. The SMILES string of the molecule is NC(CCNC(=O)c1ccc(F)cc1I)c1ccccc1. The summed E-state index contributed by atoms with van der Waals surface area (Å²) in [5.74, 6) is -0.554.